The third kappa shape index (κ3) is 2.26. The highest BCUT2D eigenvalue weighted by atomic mass is 19.1. The van der Waals surface area contributed by atoms with Gasteiger partial charge in [0, 0.05) is 19.6 Å². The summed E-state index contributed by atoms with van der Waals surface area (Å²) in [5, 5.41) is 3.36. The average molecular weight is 200 g/mol. The van der Waals surface area contributed by atoms with Crippen molar-refractivity contribution < 1.29 is 4.39 Å². The van der Waals surface area contributed by atoms with E-state index >= 15 is 0 Å². The highest BCUT2D eigenvalue weighted by Gasteiger charge is 2.42. The lowest BCUT2D eigenvalue weighted by Gasteiger charge is -2.46. The fourth-order valence-corrected chi connectivity index (χ4v) is 2.54. The van der Waals surface area contributed by atoms with Crippen LogP contribution in [0.4, 0.5) is 4.39 Å². The average Bonchev–Trinajstić information content (AvgIpc) is 2.17. The van der Waals surface area contributed by atoms with Gasteiger partial charge in [0.15, 0.2) is 0 Å². The minimum atomic E-state index is -0.854. The Morgan fingerprint density at radius 1 is 1.36 bits per heavy atom. The Labute approximate surface area is 85.9 Å². The molecule has 0 bridgehead atoms. The van der Waals surface area contributed by atoms with Crippen LogP contribution in [0.15, 0.2) is 0 Å². The third-order valence-electron chi connectivity index (χ3n) is 3.62. The summed E-state index contributed by atoms with van der Waals surface area (Å²) in [6.07, 6.45) is 3.21. The van der Waals surface area contributed by atoms with Crippen molar-refractivity contribution in [1.29, 1.82) is 0 Å². The van der Waals surface area contributed by atoms with Crippen LogP contribution >= 0.6 is 0 Å². The van der Waals surface area contributed by atoms with Gasteiger partial charge in [-0.05, 0) is 38.3 Å². The first-order chi connectivity index (χ1) is 6.72. The molecule has 0 unspecified atom stereocenters. The molecule has 2 nitrogen and oxygen atoms in total. The van der Waals surface area contributed by atoms with Gasteiger partial charge in [0.2, 0.25) is 0 Å². The number of likely N-dealkylation sites (tertiary alicyclic amines) is 1. The van der Waals surface area contributed by atoms with Crippen molar-refractivity contribution in [2.24, 2.45) is 5.92 Å². The van der Waals surface area contributed by atoms with Crippen LogP contribution in [0.5, 0.6) is 0 Å². The Morgan fingerprint density at radius 3 is 2.57 bits per heavy atom. The molecule has 0 atom stereocenters. The van der Waals surface area contributed by atoms with Crippen molar-refractivity contribution in [2.45, 2.75) is 31.9 Å². The summed E-state index contributed by atoms with van der Waals surface area (Å²) in [5.41, 5.74) is -0.854. The largest absolute Gasteiger partial charge is 0.317 e. The van der Waals surface area contributed by atoms with Gasteiger partial charge in [-0.25, -0.2) is 4.39 Å². The van der Waals surface area contributed by atoms with E-state index in [9.17, 15) is 4.39 Å². The molecule has 0 aromatic carbocycles. The summed E-state index contributed by atoms with van der Waals surface area (Å²) in [7, 11) is 0. The van der Waals surface area contributed by atoms with Crippen LogP contribution in [0.1, 0.15) is 26.2 Å². The molecule has 0 radical (unpaired) electrons. The minimum absolute atomic E-state index is 0.674. The Bertz CT molecular complexity index is 184. The lowest BCUT2D eigenvalue weighted by atomic mass is 9.90. The molecule has 82 valence electrons. The van der Waals surface area contributed by atoms with E-state index in [0.717, 1.165) is 25.6 Å². The third-order valence-corrected chi connectivity index (χ3v) is 3.62. The van der Waals surface area contributed by atoms with Gasteiger partial charge in [-0.3, -0.25) is 4.90 Å². The summed E-state index contributed by atoms with van der Waals surface area (Å²) in [5.74, 6) is 0.803. The summed E-state index contributed by atoms with van der Waals surface area (Å²) in [4.78, 5) is 2.28. The highest BCUT2D eigenvalue weighted by Crippen LogP contribution is 2.30. The van der Waals surface area contributed by atoms with Gasteiger partial charge in [-0.1, -0.05) is 6.92 Å². The number of alkyl halides is 1. The predicted molar refractivity (Wildman–Crippen MR) is 56.2 cm³/mol. The van der Waals surface area contributed by atoms with Crippen LogP contribution in [0.3, 0.4) is 0 Å². The van der Waals surface area contributed by atoms with Crippen molar-refractivity contribution in [3.8, 4) is 0 Å². The molecule has 0 saturated carbocycles. The van der Waals surface area contributed by atoms with Gasteiger partial charge >= 0.3 is 0 Å². The number of halogens is 1. The molecule has 2 fully saturated rings. The molecule has 0 aromatic rings. The zero-order chi connectivity index (χ0) is 10.0. The monoisotopic (exact) mass is 200 g/mol. The molecule has 0 aromatic heterocycles. The van der Waals surface area contributed by atoms with Gasteiger partial charge in [-0.2, -0.15) is 0 Å². The highest BCUT2D eigenvalue weighted by molar-refractivity contribution is 4.95. The lowest BCUT2D eigenvalue weighted by molar-refractivity contribution is -0.0438. The summed E-state index contributed by atoms with van der Waals surface area (Å²) < 4.78 is 13.6. The van der Waals surface area contributed by atoms with Crippen molar-refractivity contribution in [2.75, 3.05) is 32.7 Å². The number of hydrogen-bond acceptors (Lipinski definition) is 2. The summed E-state index contributed by atoms with van der Waals surface area (Å²) in [6.45, 7) is 6.70. The molecule has 2 rings (SSSR count). The van der Waals surface area contributed by atoms with E-state index in [1.807, 2.05) is 6.92 Å². The molecular weight excluding hydrogens is 179 g/mol. The first kappa shape index (κ1) is 10.4. The molecule has 2 aliphatic heterocycles. The van der Waals surface area contributed by atoms with Crippen molar-refractivity contribution in [3.05, 3.63) is 0 Å². The second kappa shape index (κ2) is 4.15. The smallest absolute Gasteiger partial charge is 0.136 e. The number of nitrogens with one attached hydrogen (secondary N) is 1. The first-order valence-electron chi connectivity index (χ1n) is 5.84. The standard InChI is InChI=1S/C11H21FN2/c1-2-11(12)8-14(9-11)7-10-3-5-13-6-4-10/h10,13H,2-9H2,1H3. The topological polar surface area (TPSA) is 15.3 Å². The van der Waals surface area contributed by atoms with E-state index in [1.54, 1.807) is 0 Å². The van der Waals surface area contributed by atoms with Crippen LogP contribution in [0.2, 0.25) is 0 Å². The van der Waals surface area contributed by atoms with E-state index in [0.29, 0.717) is 19.5 Å². The Morgan fingerprint density at radius 2 is 2.00 bits per heavy atom. The van der Waals surface area contributed by atoms with Gasteiger partial charge in [0.05, 0.1) is 0 Å². The molecule has 1 N–H and O–H groups in total. The second-order valence-corrected chi connectivity index (χ2v) is 4.87. The maximum Gasteiger partial charge on any atom is 0.136 e. The number of piperidine rings is 1. The fourth-order valence-electron chi connectivity index (χ4n) is 2.54. The molecular formula is C11H21FN2. The van der Waals surface area contributed by atoms with E-state index in [1.165, 1.54) is 12.8 Å². The van der Waals surface area contributed by atoms with Gasteiger partial charge in [0.1, 0.15) is 5.67 Å². The molecule has 2 heterocycles. The summed E-state index contributed by atoms with van der Waals surface area (Å²) >= 11 is 0. The maximum atomic E-state index is 13.6. The van der Waals surface area contributed by atoms with E-state index in [-0.39, 0.29) is 0 Å². The van der Waals surface area contributed by atoms with E-state index in [4.69, 9.17) is 0 Å². The molecule has 14 heavy (non-hydrogen) atoms. The molecule has 2 aliphatic rings. The van der Waals surface area contributed by atoms with Crippen LogP contribution in [0.25, 0.3) is 0 Å². The van der Waals surface area contributed by atoms with Crippen LogP contribution < -0.4 is 5.32 Å². The van der Waals surface area contributed by atoms with Gasteiger partial charge in [0.25, 0.3) is 0 Å². The van der Waals surface area contributed by atoms with Crippen molar-refractivity contribution in [1.82, 2.24) is 10.2 Å². The normalized spacial score (nSPS) is 28.7. The summed E-state index contributed by atoms with van der Waals surface area (Å²) in [6, 6.07) is 0. The number of hydrogen-bond donors (Lipinski definition) is 1. The molecule has 0 aliphatic carbocycles. The predicted octanol–water partition coefficient (Wildman–Crippen LogP) is 1.42. The lowest BCUT2D eigenvalue weighted by Crippen LogP contribution is -2.59. The van der Waals surface area contributed by atoms with E-state index in [2.05, 4.69) is 10.2 Å². The fraction of sp³-hybridized carbons (Fsp3) is 1.00. The van der Waals surface area contributed by atoms with E-state index < -0.39 is 5.67 Å². The van der Waals surface area contributed by atoms with Gasteiger partial charge < -0.3 is 5.32 Å². The van der Waals surface area contributed by atoms with Gasteiger partial charge in [-0.15, -0.1) is 0 Å². The number of rotatable bonds is 3. The Hall–Kier alpha value is -0.150. The zero-order valence-electron chi connectivity index (χ0n) is 9.06. The quantitative estimate of drug-likeness (QED) is 0.741. The minimum Gasteiger partial charge on any atom is -0.317 e. The molecule has 2 saturated heterocycles. The SMILES string of the molecule is CCC1(F)CN(CC2CCNCC2)C1. The Balaban J connectivity index is 1.68. The first-order valence-corrected chi connectivity index (χ1v) is 5.84. The maximum absolute atomic E-state index is 13.6. The number of nitrogens with zero attached hydrogens (tertiary/aromatic N) is 1. The second-order valence-electron chi connectivity index (χ2n) is 4.87. The molecule has 0 amide bonds. The van der Waals surface area contributed by atoms with Crippen molar-refractivity contribution in [3.63, 3.8) is 0 Å². The molecule has 0 spiro atoms. The van der Waals surface area contributed by atoms with Crippen LogP contribution in [0, 0.1) is 5.92 Å². The molecule has 3 heteroatoms. The van der Waals surface area contributed by atoms with Crippen LogP contribution in [-0.4, -0.2) is 43.3 Å². The van der Waals surface area contributed by atoms with Crippen molar-refractivity contribution >= 4 is 0 Å². The Kier molecular flexibility index (Phi) is 3.07. The van der Waals surface area contributed by atoms with Crippen LogP contribution in [-0.2, 0) is 0 Å². The zero-order valence-corrected chi connectivity index (χ0v) is 9.06.